The Balaban J connectivity index is 2.40. The lowest BCUT2D eigenvalue weighted by Crippen LogP contribution is -2.29. The first kappa shape index (κ1) is 12.0. The molecule has 2 aromatic rings. The van der Waals surface area contributed by atoms with Crippen molar-refractivity contribution < 1.29 is 17.6 Å². The van der Waals surface area contributed by atoms with Gasteiger partial charge in [-0.05, 0) is 30.8 Å². The zero-order chi connectivity index (χ0) is 12.5. The molecule has 0 aliphatic heterocycles. The maximum absolute atomic E-state index is 12.9. The van der Waals surface area contributed by atoms with Crippen LogP contribution in [-0.2, 0) is 0 Å². The molecule has 2 nitrogen and oxygen atoms in total. The first-order chi connectivity index (χ1) is 8.02. The quantitative estimate of drug-likeness (QED) is 0.894. The second-order valence-electron chi connectivity index (χ2n) is 3.87. The van der Waals surface area contributed by atoms with Gasteiger partial charge in [0.2, 0.25) is 0 Å². The third-order valence-electron chi connectivity index (χ3n) is 2.68. The summed E-state index contributed by atoms with van der Waals surface area (Å²) in [7, 11) is 1.51. The van der Waals surface area contributed by atoms with Crippen LogP contribution in [0.1, 0.15) is 11.5 Å². The molecule has 0 radical (unpaired) electrons. The van der Waals surface area contributed by atoms with E-state index in [-0.39, 0.29) is 12.1 Å². The molecule has 0 aliphatic rings. The highest BCUT2D eigenvalue weighted by atomic mass is 19.4. The summed E-state index contributed by atoms with van der Waals surface area (Å²) >= 11 is 0. The summed E-state index contributed by atoms with van der Waals surface area (Å²) in [5.74, 6) is -1.49. The molecular weight excluding hydrogens is 231 g/mol. The molecule has 0 fully saturated rings. The van der Waals surface area contributed by atoms with Gasteiger partial charge in [0.1, 0.15) is 5.58 Å². The highest BCUT2D eigenvalue weighted by Gasteiger charge is 2.40. The third kappa shape index (κ3) is 2.44. The highest BCUT2D eigenvalue weighted by molar-refractivity contribution is 5.77. The minimum atomic E-state index is -4.25. The molecule has 92 valence electrons. The Morgan fingerprint density at radius 1 is 1.29 bits per heavy atom. The van der Waals surface area contributed by atoms with Gasteiger partial charge in [-0.1, -0.05) is 6.07 Å². The Morgan fingerprint density at radius 3 is 2.71 bits per heavy atom. The predicted molar refractivity (Wildman–Crippen MR) is 58.9 cm³/mol. The van der Waals surface area contributed by atoms with E-state index in [9.17, 15) is 13.2 Å². The van der Waals surface area contributed by atoms with Crippen molar-refractivity contribution in [3.8, 4) is 0 Å². The summed E-state index contributed by atoms with van der Waals surface area (Å²) in [5, 5.41) is 3.26. The Morgan fingerprint density at radius 2 is 2.06 bits per heavy atom. The van der Waals surface area contributed by atoms with E-state index in [0.29, 0.717) is 11.0 Å². The number of alkyl halides is 3. The Kier molecular flexibility index (Phi) is 3.11. The van der Waals surface area contributed by atoms with Crippen molar-refractivity contribution in [2.75, 3.05) is 13.6 Å². The van der Waals surface area contributed by atoms with Crippen LogP contribution in [0, 0.1) is 0 Å². The van der Waals surface area contributed by atoms with Gasteiger partial charge in [-0.3, -0.25) is 0 Å². The lowest BCUT2D eigenvalue weighted by molar-refractivity contribution is -0.149. The molecule has 1 aromatic heterocycles. The molecule has 1 unspecified atom stereocenters. The van der Waals surface area contributed by atoms with Crippen molar-refractivity contribution in [2.24, 2.45) is 0 Å². The molecule has 1 aromatic carbocycles. The van der Waals surface area contributed by atoms with Gasteiger partial charge >= 0.3 is 6.18 Å². The van der Waals surface area contributed by atoms with Crippen LogP contribution in [0.4, 0.5) is 13.2 Å². The molecule has 1 N–H and O–H groups in total. The molecule has 1 atom stereocenters. The number of halogens is 3. The van der Waals surface area contributed by atoms with E-state index in [4.69, 9.17) is 4.42 Å². The van der Waals surface area contributed by atoms with E-state index >= 15 is 0 Å². The van der Waals surface area contributed by atoms with E-state index < -0.39 is 12.1 Å². The molecule has 0 aliphatic carbocycles. The molecule has 0 saturated carbocycles. The maximum atomic E-state index is 12.9. The fraction of sp³-hybridized carbons (Fsp3) is 0.333. The first-order valence-corrected chi connectivity index (χ1v) is 5.21. The molecule has 2 rings (SSSR count). The Bertz CT molecular complexity index is 504. The number of benzene rings is 1. The lowest BCUT2D eigenvalue weighted by atomic mass is 9.97. The molecule has 1 heterocycles. The SMILES string of the molecule is CNCC(c1ccc2occc2c1)C(F)(F)F. The molecule has 0 amide bonds. The fourth-order valence-corrected chi connectivity index (χ4v) is 1.83. The summed E-state index contributed by atoms with van der Waals surface area (Å²) in [5.41, 5.74) is 0.847. The van der Waals surface area contributed by atoms with Crippen LogP contribution >= 0.6 is 0 Å². The van der Waals surface area contributed by atoms with Crippen molar-refractivity contribution in [1.82, 2.24) is 5.32 Å². The van der Waals surface area contributed by atoms with E-state index in [2.05, 4.69) is 5.32 Å². The minimum Gasteiger partial charge on any atom is -0.464 e. The topological polar surface area (TPSA) is 25.2 Å². The fourth-order valence-electron chi connectivity index (χ4n) is 1.83. The lowest BCUT2D eigenvalue weighted by Gasteiger charge is -2.20. The van der Waals surface area contributed by atoms with Crippen molar-refractivity contribution >= 4 is 11.0 Å². The van der Waals surface area contributed by atoms with Gasteiger partial charge in [-0.15, -0.1) is 0 Å². The van der Waals surface area contributed by atoms with Gasteiger partial charge in [0, 0.05) is 11.9 Å². The maximum Gasteiger partial charge on any atom is 0.396 e. The first-order valence-electron chi connectivity index (χ1n) is 5.21. The average Bonchev–Trinajstić information content (AvgIpc) is 2.71. The van der Waals surface area contributed by atoms with Crippen LogP contribution in [0.2, 0.25) is 0 Å². The molecule has 17 heavy (non-hydrogen) atoms. The monoisotopic (exact) mass is 243 g/mol. The van der Waals surface area contributed by atoms with E-state index in [1.54, 1.807) is 12.1 Å². The summed E-state index contributed by atoms with van der Waals surface area (Å²) in [6, 6.07) is 6.21. The van der Waals surface area contributed by atoms with Gasteiger partial charge in [0.25, 0.3) is 0 Å². The van der Waals surface area contributed by atoms with Gasteiger partial charge in [0.05, 0.1) is 12.2 Å². The van der Waals surface area contributed by atoms with Crippen LogP contribution in [-0.4, -0.2) is 19.8 Å². The Labute approximate surface area is 96.4 Å². The molecule has 0 bridgehead atoms. The van der Waals surface area contributed by atoms with Gasteiger partial charge in [-0.2, -0.15) is 13.2 Å². The second kappa shape index (κ2) is 4.41. The zero-order valence-electron chi connectivity index (χ0n) is 9.21. The van der Waals surface area contributed by atoms with Crippen LogP contribution in [0.3, 0.4) is 0 Å². The van der Waals surface area contributed by atoms with Crippen LogP contribution in [0.25, 0.3) is 11.0 Å². The zero-order valence-corrected chi connectivity index (χ0v) is 9.21. The van der Waals surface area contributed by atoms with Crippen molar-refractivity contribution in [1.29, 1.82) is 0 Å². The number of likely N-dealkylation sites (N-methyl/N-ethyl adjacent to an activating group) is 1. The molecule has 5 heteroatoms. The third-order valence-corrected chi connectivity index (χ3v) is 2.68. The van der Waals surface area contributed by atoms with Crippen LogP contribution in [0.5, 0.6) is 0 Å². The van der Waals surface area contributed by atoms with Crippen LogP contribution in [0.15, 0.2) is 34.9 Å². The second-order valence-corrected chi connectivity index (χ2v) is 3.87. The van der Waals surface area contributed by atoms with E-state index in [1.807, 2.05) is 0 Å². The summed E-state index contributed by atoms with van der Waals surface area (Å²) in [4.78, 5) is 0. The number of furan rings is 1. The summed E-state index contributed by atoms with van der Waals surface area (Å²) in [6.45, 7) is -0.132. The average molecular weight is 243 g/mol. The number of fused-ring (bicyclic) bond motifs is 1. The molecule has 0 saturated heterocycles. The van der Waals surface area contributed by atoms with Gasteiger partial charge in [0.15, 0.2) is 0 Å². The predicted octanol–water partition coefficient (Wildman–Crippen LogP) is 3.30. The van der Waals surface area contributed by atoms with E-state index in [0.717, 1.165) is 0 Å². The van der Waals surface area contributed by atoms with Crippen molar-refractivity contribution in [2.45, 2.75) is 12.1 Å². The number of hydrogen-bond donors (Lipinski definition) is 1. The molecular formula is C12H12F3NO. The normalized spacial score (nSPS) is 14.1. The number of hydrogen-bond acceptors (Lipinski definition) is 2. The van der Waals surface area contributed by atoms with Gasteiger partial charge in [-0.25, -0.2) is 0 Å². The number of nitrogens with one attached hydrogen (secondary N) is 1. The summed E-state index contributed by atoms with van der Waals surface area (Å²) in [6.07, 6.45) is -2.78. The van der Waals surface area contributed by atoms with Crippen molar-refractivity contribution in [3.05, 3.63) is 36.1 Å². The van der Waals surface area contributed by atoms with Crippen LogP contribution < -0.4 is 5.32 Å². The molecule has 0 spiro atoms. The highest BCUT2D eigenvalue weighted by Crippen LogP contribution is 2.35. The minimum absolute atomic E-state index is 0.132. The Hall–Kier alpha value is -1.49. The summed E-state index contributed by atoms with van der Waals surface area (Å²) < 4.78 is 43.7. The smallest absolute Gasteiger partial charge is 0.396 e. The van der Waals surface area contributed by atoms with Gasteiger partial charge < -0.3 is 9.73 Å². The standard InChI is InChI=1S/C12H12F3NO/c1-16-7-10(12(13,14)15)8-2-3-11-9(6-8)4-5-17-11/h2-6,10,16H,7H2,1H3. The van der Waals surface area contributed by atoms with E-state index in [1.165, 1.54) is 25.4 Å². The largest absolute Gasteiger partial charge is 0.464 e. The number of rotatable bonds is 3. The van der Waals surface area contributed by atoms with Crippen molar-refractivity contribution in [3.63, 3.8) is 0 Å².